The molecule has 1 aromatic rings. The SMILES string of the molecule is [NH3+]Cc1[nH]c(Br)c(CCC(=O)[O-])c1CC(=O)[O-]. The number of carbonyl (C=O) groups is 2. The third-order valence-electron chi connectivity index (χ3n) is 2.40. The van der Waals surface area contributed by atoms with Crippen molar-refractivity contribution in [3.8, 4) is 0 Å². The van der Waals surface area contributed by atoms with Crippen molar-refractivity contribution >= 4 is 27.9 Å². The molecular formula is C10H12BrN2O4-. The van der Waals surface area contributed by atoms with Crippen molar-refractivity contribution in [2.45, 2.75) is 25.8 Å². The van der Waals surface area contributed by atoms with Gasteiger partial charge in [-0.3, -0.25) is 0 Å². The molecule has 0 unspecified atom stereocenters. The van der Waals surface area contributed by atoms with Gasteiger partial charge in [0.1, 0.15) is 6.54 Å². The minimum absolute atomic E-state index is 0.160. The number of halogens is 1. The number of carboxylic acids is 2. The van der Waals surface area contributed by atoms with Crippen LogP contribution in [0.15, 0.2) is 4.60 Å². The van der Waals surface area contributed by atoms with E-state index in [1.807, 2.05) is 0 Å². The van der Waals surface area contributed by atoms with Gasteiger partial charge in [-0.05, 0) is 39.9 Å². The van der Waals surface area contributed by atoms with Gasteiger partial charge in [0, 0.05) is 18.4 Å². The molecule has 0 atom stereocenters. The molecule has 1 rings (SSSR count). The molecule has 0 bridgehead atoms. The third kappa shape index (κ3) is 3.57. The second-order valence-corrected chi connectivity index (χ2v) is 4.34. The predicted octanol–water partition coefficient (Wildman–Crippen LogP) is -2.51. The van der Waals surface area contributed by atoms with E-state index in [-0.39, 0.29) is 19.3 Å². The van der Waals surface area contributed by atoms with Gasteiger partial charge in [0.25, 0.3) is 0 Å². The maximum Gasteiger partial charge on any atom is 0.115 e. The van der Waals surface area contributed by atoms with Gasteiger partial charge in [0.2, 0.25) is 0 Å². The van der Waals surface area contributed by atoms with Crippen LogP contribution >= 0.6 is 15.9 Å². The Balaban J connectivity index is 3.03. The highest BCUT2D eigenvalue weighted by Gasteiger charge is 2.16. The van der Waals surface area contributed by atoms with Crippen molar-refractivity contribution in [3.05, 3.63) is 21.4 Å². The summed E-state index contributed by atoms with van der Waals surface area (Å²) in [6.45, 7) is 0.395. The molecule has 1 aromatic heterocycles. The van der Waals surface area contributed by atoms with Gasteiger partial charge >= 0.3 is 0 Å². The average Bonchev–Trinajstić information content (AvgIpc) is 2.51. The number of nitrogens with one attached hydrogen (secondary N) is 1. The summed E-state index contributed by atoms with van der Waals surface area (Å²) < 4.78 is 0.591. The van der Waals surface area contributed by atoms with Gasteiger partial charge in [-0.25, -0.2) is 0 Å². The summed E-state index contributed by atoms with van der Waals surface area (Å²) in [6.07, 6.45) is -0.204. The van der Waals surface area contributed by atoms with Crippen LogP contribution < -0.4 is 15.9 Å². The molecule has 0 fully saturated rings. The lowest BCUT2D eigenvalue weighted by molar-refractivity contribution is -0.387. The molecule has 0 spiro atoms. The van der Waals surface area contributed by atoms with Crippen LogP contribution in [0.4, 0.5) is 0 Å². The Hall–Kier alpha value is -1.34. The van der Waals surface area contributed by atoms with Crippen molar-refractivity contribution < 1.29 is 25.5 Å². The lowest BCUT2D eigenvalue weighted by atomic mass is 10.0. The summed E-state index contributed by atoms with van der Waals surface area (Å²) in [5.41, 5.74) is 5.54. The van der Waals surface area contributed by atoms with E-state index < -0.39 is 11.9 Å². The summed E-state index contributed by atoms with van der Waals surface area (Å²) in [4.78, 5) is 24.0. The zero-order valence-electron chi connectivity index (χ0n) is 9.05. The lowest BCUT2D eigenvalue weighted by Gasteiger charge is -2.07. The molecule has 0 aromatic carbocycles. The van der Waals surface area contributed by atoms with Crippen LogP contribution in [-0.4, -0.2) is 16.9 Å². The first kappa shape index (κ1) is 13.7. The lowest BCUT2D eigenvalue weighted by Crippen LogP contribution is -2.48. The van der Waals surface area contributed by atoms with Gasteiger partial charge < -0.3 is 30.5 Å². The molecule has 0 saturated heterocycles. The highest BCUT2D eigenvalue weighted by atomic mass is 79.9. The fraction of sp³-hybridized carbons (Fsp3) is 0.400. The predicted molar refractivity (Wildman–Crippen MR) is 57.1 cm³/mol. The fourth-order valence-corrected chi connectivity index (χ4v) is 2.33. The topological polar surface area (TPSA) is 124 Å². The van der Waals surface area contributed by atoms with E-state index in [1.165, 1.54) is 0 Å². The summed E-state index contributed by atoms with van der Waals surface area (Å²) in [5.74, 6) is -2.38. The Kier molecular flexibility index (Phi) is 4.71. The number of rotatable bonds is 6. The molecule has 0 radical (unpaired) electrons. The first-order valence-corrected chi connectivity index (χ1v) is 5.82. The van der Waals surface area contributed by atoms with Gasteiger partial charge in [-0.1, -0.05) is 0 Å². The first-order valence-electron chi connectivity index (χ1n) is 5.02. The molecule has 94 valence electrons. The molecule has 17 heavy (non-hydrogen) atoms. The van der Waals surface area contributed by atoms with Gasteiger partial charge in [0.05, 0.1) is 10.3 Å². The van der Waals surface area contributed by atoms with Crippen molar-refractivity contribution in [2.24, 2.45) is 0 Å². The highest BCUT2D eigenvalue weighted by molar-refractivity contribution is 9.10. The molecular weight excluding hydrogens is 292 g/mol. The summed E-state index contributed by atoms with van der Waals surface area (Å²) in [5, 5.41) is 21.1. The quantitative estimate of drug-likeness (QED) is 0.602. The number of carboxylic acid groups (broad SMARTS) is 2. The number of hydrogen-bond acceptors (Lipinski definition) is 4. The average molecular weight is 304 g/mol. The minimum atomic E-state index is -1.21. The van der Waals surface area contributed by atoms with Crippen LogP contribution in [0.2, 0.25) is 0 Å². The molecule has 6 nitrogen and oxygen atoms in total. The maximum absolute atomic E-state index is 10.6. The van der Waals surface area contributed by atoms with E-state index in [0.29, 0.717) is 28.0 Å². The first-order chi connectivity index (χ1) is 7.95. The van der Waals surface area contributed by atoms with Crippen molar-refractivity contribution in [1.29, 1.82) is 0 Å². The van der Waals surface area contributed by atoms with E-state index in [2.05, 4.69) is 26.6 Å². The van der Waals surface area contributed by atoms with Crippen LogP contribution in [0.5, 0.6) is 0 Å². The number of quaternary nitrogens is 1. The van der Waals surface area contributed by atoms with Crippen LogP contribution in [0.25, 0.3) is 0 Å². The van der Waals surface area contributed by atoms with Gasteiger partial charge in [0.15, 0.2) is 0 Å². The molecule has 1 heterocycles. The number of aliphatic carboxylic acids is 2. The number of hydrogen-bond donors (Lipinski definition) is 2. The van der Waals surface area contributed by atoms with E-state index in [4.69, 9.17) is 0 Å². The number of H-pyrrole nitrogens is 1. The fourth-order valence-electron chi connectivity index (χ4n) is 1.66. The molecule has 4 N–H and O–H groups in total. The van der Waals surface area contributed by atoms with Crippen LogP contribution in [0.3, 0.4) is 0 Å². The second kappa shape index (κ2) is 5.83. The third-order valence-corrected chi connectivity index (χ3v) is 3.08. The van der Waals surface area contributed by atoms with Crippen molar-refractivity contribution in [3.63, 3.8) is 0 Å². The molecule has 7 heteroatoms. The molecule has 0 saturated carbocycles. The van der Waals surface area contributed by atoms with Crippen LogP contribution in [0.1, 0.15) is 23.2 Å². The molecule has 0 aliphatic carbocycles. The highest BCUT2D eigenvalue weighted by Crippen LogP contribution is 2.25. The van der Waals surface area contributed by atoms with Gasteiger partial charge in [-0.15, -0.1) is 0 Å². The Morgan fingerprint density at radius 1 is 1.24 bits per heavy atom. The zero-order chi connectivity index (χ0) is 13.0. The summed E-state index contributed by atoms with van der Waals surface area (Å²) in [7, 11) is 0. The number of carbonyl (C=O) groups excluding carboxylic acids is 2. The van der Waals surface area contributed by atoms with Gasteiger partial charge in [-0.2, -0.15) is 0 Å². The second-order valence-electron chi connectivity index (χ2n) is 3.55. The van der Waals surface area contributed by atoms with Crippen LogP contribution in [-0.2, 0) is 29.0 Å². The zero-order valence-corrected chi connectivity index (χ0v) is 10.6. The monoisotopic (exact) mass is 303 g/mol. The molecule has 0 aliphatic rings. The molecule has 0 amide bonds. The molecule has 0 aliphatic heterocycles. The summed E-state index contributed by atoms with van der Waals surface area (Å²) in [6, 6.07) is 0. The maximum atomic E-state index is 10.6. The summed E-state index contributed by atoms with van der Waals surface area (Å²) >= 11 is 3.24. The smallest absolute Gasteiger partial charge is 0.115 e. The Labute approximate surface area is 106 Å². The number of aromatic nitrogens is 1. The normalized spacial score (nSPS) is 10.5. The van der Waals surface area contributed by atoms with E-state index in [0.717, 1.165) is 0 Å². The number of aromatic amines is 1. The van der Waals surface area contributed by atoms with E-state index in [9.17, 15) is 19.8 Å². The van der Waals surface area contributed by atoms with Crippen molar-refractivity contribution in [1.82, 2.24) is 4.98 Å². The van der Waals surface area contributed by atoms with E-state index in [1.54, 1.807) is 0 Å². The van der Waals surface area contributed by atoms with Crippen molar-refractivity contribution in [2.75, 3.05) is 0 Å². The largest absolute Gasteiger partial charge is 0.550 e. The standard InChI is InChI=1S/C10H13BrN2O4/c11-10-5(1-2-8(14)15)6(3-9(16)17)7(4-12)13-10/h13H,1-4,12H2,(H,14,15)(H,16,17)/p-1. The van der Waals surface area contributed by atoms with E-state index >= 15 is 0 Å². The minimum Gasteiger partial charge on any atom is -0.550 e. The Bertz CT molecular complexity index is 442. The van der Waals surface area contributed by atoms with Crippen LogP contribution in [0, 0.1) is 0 Å². The Morgan fingerprint density at radius 3 is 2.35 bits per heavy atom. The Morgan fingerprint density at radius 2 is 1.88 bits per heavy atom.